The molecule has 128 valence electrons. The number of fused-ring (bicyclic) bond motifs is 1. The zero-order valence-corrected chi connectivity index (χ0v) is 14.7. The number of aliphatic hydroxyl groups excluding tert-OH is 1. The van der Waals surface area contributed by atoms with Crippen molar-refractivity contribution in [2.45, 2.75) is 26.3 Å². The predicted molar refractivity (Wildman–Crippen MR) is 94.5 cm³/mol. The van der Waals surface area contributed by atoms with Crippen LogP contribution in [-0.4, -0.2) is 49.4 Å². The van der Waals surface area contributed by atoms with E-state index < -0.39 is 0 Å². The average molecular weight is 346 g/mol. The van der Waals surface area contributed by atoms with Gasteiger partial charge in [0.25, 0.3) is 0 Å². The Kier molecular flexibility index (Phi) is 5.13. The fraction of sp³-hybridized carbons (Fsp3) is 0.412. The van der Waals surface area contributed by atoms with Crippen LogP contribution in [0.25, 0.3) is 4.96 Å². The van der Waals surface area contributed by atoms with Crippen molar-refractivity contribution >= 4 is 16.3 Å². The molecule has 3 aromatic rings. The number of hydrogen-bond acceptors (Lipinski definition) is 6. The third-order valence-corrected chi connectivity index (χ3v) is 5.34. The van der Waals surface area contributed by atoms with Crippen molar-refractivity contribution in [3.8, 4) is 5.88 Å². The van der Waals surface area contributed by atoms with Crippen LogP contribution in [-0.2, 0) is 6.42 Å². The van der Waals surface area contributed by atoms with Crippen LogP contribution in [0.2, 0.25) is 0 Å². The van der Waals surface area contributed by atoms with Gasteiger partial charge in [0.05, 0.1) is 17.5 Å². The highest BCUT2D eigenvalue weighted by molar-refractivity contribution is 7.17. The summed E-state index contributed by atoms with van der Waals surface area (Å²) in [5.74, 6) is 0.119. The molecule has 24 heavy (non-hydrogen) atoms. The van der Waals surface area contributed by atoms with Gasteiger partial charge in [-0.25, -0.2) is 4.98 Å². The molecule has 1 aromatic carbocycles. The first-order valence-corrected chi connectivity index (χ1v) is 8.96. The fourth-order valence-electron chi connectivity index (χ4n) is 2.93. The second kappa shape index (κ2) is 7.29. The van der Waals surface area contributed by atoms with E-state index in [4.69, 9.17) is 0 Å². The quantitative estimate of drug-likeness (QED) is 0.687. The Balaban J connectivity index is 2.09. The number of thiazole rings is 1. The van der Waals surface area contributed by atoms with E-state index in [1.54, 1.807) is 0 Å². The molecule has 1 atom stereocenters. The Hall–Kier alpha value is -1.96. The number of benzene rings is 1. The first kappa shape index (κ1) is 16.9. The van der Waals surface area contributed by atoms with Gasteiger partial charge in [-0.1, -0.05) is 49.4 Å². The number of aromatic nitrogens is 3. The minimum absolute atomic E-state index is 0.0684. The molecule has 2 N–H and O–H groups in total. The Morgan fingerprint density at radius 1 is 1.25 bits per heavy atom. The molecule has 0 aliphatic carbocycles. The van der Waals surface area contributed by atoms with Gasteiger partial charge in [0.15, 0.2) is 0 Å². The molecular weight excluding hydrogens is 324 g/mol. The number of aryl methyl sites for hydroxylation is 1. The molecule has 7 heteroatoms. The lowest BCUT2D eigenvalue weighted by Crippen LogP contribution is -2.31. The van der Waals surface area contributed by atoms with Crippen molar-refractivity contribution < 1.29 is 10.2 Å². The van der Waals surface area contributed by atoms with Crippen LogP contribution in [0.5, 0.6) is 5.88 Å². The molecule has 0 amide bonds. The summed E-state index contributed by atoms with van der Waals surface area (Å²) in [6.07, 6.45) is 2.42. The van der Waals surface area contributed by atoms with E-state index in [1.807, 2.05) is 0 Å². The van der Waals surface area contributed by atoms with Gasteiger partial charge < -0.3 is 10.2 Å². The van der Waals surface area contributed by atoms with E-state index in [0.29, 0.717) is 11.5 Å². The lowest BCUT2D eigenvalue weighted by molar-refractivity contribution is 0.174. The van der Waals surface area contributed by atoms with Crippen molar-refractivity contribution in [2.75, 3.05) is 19.7 Å². The standard InChI is InChI=1S/C17H22N4O2S/c1-3-12-5-7-13(8-6-12)14(20(4-2)9-10-22)15-16(23)21-17(24-15)18-11-19-21/h5-8,11,14,22-23H,3-4,9-10H2,1-2H3. The van der Waals surface area contributed by atoms with Crippen molar-refractivity contribution in [3.05, 3.63) is 46.6 Å². The second-order valence-corrected chi connectivity index (χ2v) is 6.60. The topological polar surface area (TPSA) is 73.9 Å². The number of hydrogen-bond donors (Lipinski definition) is 2. The number of rotatable bonds is 7. The molecule has 1 unspecified atom stereocenters. The van der Waals surface area contributed by atoms with E-state index in [2.05, 4.69) is 53.1 Å². The van der Waals surface area contributed by atoms with Crippen LogP contribution in [0.1, 0.15) is 35.9 Å². The summed E-state index contributed by atoms with van der Waals surface area (Å²) in [6.45, 7) is 5.54. The lowest BCUT2D eigenvalue weighted by atomic mass is 10.0. The molecule has 2 aromatic heterocycles. The summed E-state index contributed by atoms with van der Waals surface area (Å²) >= 11 is 1.43. The molecule has 0 aliphatic rings. The predicted octanol–water partition coefficient (Wildman–Crippen LogP) is 2.46. The van der Waals surface area contributed by atoms with E-state index in [1.165, 1.54) is 27.7 Å². The first-order valence-electron chi connectivity index (χ1n) is 8.14. The van der Waals surface area contributed by atoms with Gasteiger partial charge in [-0.2, -0.15) is 9.61 Å². The summed E-state index contributed by atoms with van der Waals surface area (Å²) in [4.78, 5) is 7.78. The van der Waals surface area contributed by atoms with Crippen LogP contribution in [0.4, 0.5) is 0 Å². The molecule has 0 aliphatic heterocycles. The Morgan fingerprint density at radius 3 is 2.58 bits per heavy atom. The molecular formula is C17H22N4O2S. The largest absolute Gasteiger partial charge is 0.492 e. The molecule has 0 saturated heterocycles. The van der Waals surface area contributed by atoms with Gasteiger partial charge in [0, 0.05) is 6.54 Å². The highest BCUT2D eigenvalue weighted by Crippen LogP contribution is 2.39. The normalized spacial score (nSPS) is 13.0. The van der Waals surface area contributed by atoms with Crippen LogP contribution in [0.15, 0.2) is 30.6 Å². The average Bonchev–Trinajstić information content (AvgIpc) is 3.19. The highest BCUT2D eigenvalue weighted by Gasteiger charge is 2.28. The third kappa shape index (κ3) is 3.02. The van der Waals surface area contributed by atoms with Crippen LogP contribution >= 0.6 is 11.3 Å². The molecule has 0 spiro atoms. The number of likely N-dealkylation sites (N-methyl/N-ethyl adjacent to an activating group) is 1. The number of aliphatic hydroxyl groups is 1. The van der Waals surface area contributed by atoms with Gasteiger partial charge in [-0.05, 0) is 24.1 Å². The van der Waals surface area contributed by atoms with Gasteiger partial charge in [0.2, 0.25) is 10.8 Å². The molecule has 0 saturated carbocycles. The van der Waals surface area contributed by atoms with Crippen molar-refractivity contribution in [2.24, 2.45) is 0 Å². The fourth-order valence-corrected chi connectivity index (χ4v) is 4.03. The SMILES string of the molecule is CCc1ccc(C(c2sc3ncnn3c2O)N(CC)CCO)cc1. The smallest absolute Gasteiger partial charge is 0.230 e. The lowest BCUT2D eigenvalue weighted by Gasteiger charge is -2.29. The zero-order chi connectivity index (χ0) is 17.1. The molecule has 0 radical (unpaired) electrons. The second-order valence-electron chi connectivity index (χ2n) is 5.59. The van der Waals surface area contributed by atoms with Crippen LogP contribution < -0.4 is 0 Å². The maximum absolute atomic E-state index is 10.6. The van der Waals surface area contributed by atoms with Crippen molar-refractivity contribution in [1.82, 2.24) is 19.5 Å². The van der Waals surface area contributed by atoms with E-state index in [9.17, 15) is 10.2 Å². The van der Waals surface area contributed by atoms with Crippen LogP contribution in [0.3, 0.4) is 0 Å². The summed E-state index contributed by atoms with van der Waals surface area (Å²) in [5, 5.41) is 24.1. The van der Waals surface area contributed by atoms with Crippen LogP contribution in [0, 0.1) is 0 Å². The molecule has 3 rings (SSSR count). The minimum atomic E-state index is -0.137. The van der Waals surface area contributed by atoms with Gasteiger partial charge in [0.1, 0.15) is 6.33 Å². The van der Waals surface area contributed by atoms with Gasteiger partial charge in [-0.15, -0.1) is 0 Å². The summed E-state index contributed by atoms with van der Waals surface area (Å²) < 4.78 is 1.46. The first-order chi connectivity index (χ1) is 11.7. The summed E-state index contributed by atoms with van der Waals surface area (Å²) in [5.41, 5.74) is 2.36. The zero-order valence-electron chi connectivity index (χ0n) is 13.9. The maximum atomic E-state index is 10.6. The van der Waals surface area contributed by atoms with Crippen molar-refractivity contribution in [1.29, 1.82) is 0 Å². The minimum Gasteiger partial charge on any atom is -0.492 e. The third-order valence-electron chi connectivity index (χ3n) is 4.25. The van der Waals surface area contributed by atoms with E-state index in [-0.39, 0.29) is 18.5 Å². The summed E-state index contributed by atoms with van der Waals surface area (Å²) in [7, 11) is 0. The summed E-state index contributed by atoms with van der Waals surface area (Å²) in [6, 6.07) is 8.28. The number of nitrogens with zero attached hydrogens (tertiary/aromatic N) is 4. The van der Waals surface area contributed by atoms with E-state index in [0.717, 1.165) is 23.4 Å². The maximum Gasteiger partial charge on any atom is 0.230 e. The van der Waals surface area contributed by atoms with Crippen molar-refractivity contribution in [3.63, 3.8) is 0 Å². The Labute approximate surface area is 145 Å². The molecule has 2 heterocycles. The molecule has 0 bridgehead atoms. The Morgan fingerprint density at radius 2 is 2.00 bits per heavy atom. The molecule has 0 fully saturated rings. The highest BCUT2D eigenvalue weighted by atomic mass is 32.1. The Bertz CT molecular complexity index is 797. The molecule has 6 nitrogen and oxygen atoms in total. The van der Waals surface area contributed by atoms with Gasteiger partial charge >= 0.3 is 0 Å². The monoisotopic (exact) mass is 346 g/mol. The van der Waals surface area contributed by atoms with Gasteiger partial charge in [-0.3, -0.25) is 4.90 Å². The van der Waals surface area contributed by atoms with E-state index >= 15 is 0 Å². The number of aromatic hydroxyl groups is 1.